The van der Waals surface area contributed by atoms with Gasteiger partial charge < -0.3 is 0 Å². The van der Waals surface area contributed by atoms with Crippen molar-refractivity contribution in [1.82, 2.24) is 4.31 Å². The third kappa shape index (κ3) is 6.68. The van der Waals surface area contributed by atoms with Crippen molar-refractivity contribution >= 4 is 17.6 Å². The molecule has 0 spiro atoms. The molecule has 0 aliphatic rings. The first-order valence-corrected chi connectivity index (χ1v) is 5.54. The van der Waals surface area contributed by atoms with E-state index in [1.807, 2.05) is 0 Å². The lowest BCUT2D eigenvalue weighted by atomic mass is 10.3. The van der Waals surface area contributed by atoms with Gasteiger partial charge in [0, 0.05) is 13.1 Å². The molecule has 12 heavy (non-hydrogen) atoms. The summed E-state index contributed by atoms with van der Waals surface area (Å²) in [5.41, 5.74) is 0.922. The molecule has 0 N–H and O–H groups in total. The lowest BCUT2D eigenvalue weighted by Gasteiger charge is -2.16. The van der Waals surface area contributed by atoms with Gasteiger partial charge in [0.2, 0.25) is 0 Å². The molecule has 3 heteroatoms. The van der Waals surface area contributed by atoms with Gasteiger partial charge in [0.15, 0.2) is 5.62 Å². The van der Waals surface area contributed by atoms with Gasteiger partial charge in [-0.2, -0.15) is 0 Å². The highest BCUT2D eigenvalue weighted by Gasteiger charge is 2.02. The molecule has 2 nitrogen and oxygen atoms in total. The standard InChI is InChI=1S/C9H19NOS/c1-3-5-7-10(12-9-11)8-6-4-2/h9H,3-8H2,1-2H3. The van der Waals surface area contributed by atoms with E-state index in [0.29, 0.717) is 0 Å². The zero-order chi connectivity index (χ0) is 9.23. The van der Waals surface area contributed by atoms with E-state index >= 15 is 0 Å². The van der Waals surface area contributed by atoms with Crippen LogP contribution in [0.3, 0.4) is 0 Å². The van der Waals surface area contributed by atoms with Crippen LogP contribution in [0.1, 0.15) is 39.5 Å². The van der Waals surface area contributed by atoms with Gasteiger partial charge in [-0.15, -0.1) is 0 Å². The summed E-state index contributed by atoms with van der Waals surface area (Å²) < 4.78 is 2.15. The molecular formula is C9H19NOS. The zero-order valence-corrected chi connectivity index (χ0v) is 8.90. The summed E-state index contributed by atoms with van der Waals surface area (Å²) in [6, 6.07) is 0. The largest absolute Gasteiger partial charge is 0.290 e. The highest BCUT2D eigenvalue weighted by molar-refractivity contribution is 8.09. The highest BCUT2D eigenvalue weighted by atomic mass is 32.2. The Hall–Kier alpha value is -0.0200. The van der Waals surface area contributed by atoms with Gasteiger partial charge in [0.05, 0.1) is 0 Å². The first-order valence-electron chi connectivity index (χ1n) is 4.70. The Morgan fingerprint density at radius 2 is 1.67 bits per heavy atom. The average molecular weight is 189 g/mol. The molecule has 0 heterocycles. The van der Waals surface area contributed by atoms with Gasteiger partial charge in [-0.05, 0) is 24.8 Å². The van der Waals surface area contributed by atoms with Crippen molar-refractivity contribution in [2.75, 3.05) is 13.1 Å². The van der Waals surface area contributed by atoms with E-state index in [2.05, 4.69) is 18.2 Å². The third-order valence-electron chi connectivity index (χ3n) is 1.71. The predicted molar refractivity (Wildman–Crippen MR) is 55.7 cm³/mol. The first kappa shape index (κ1) is 12.0. The summed E-state index contributed by atoms with van der Waals surface area (Å²) in [6.07, 6.45) is 4.76. The molecule has 0 radical (unpaired) electrons. The van der Waals surface area contributed by atoms with E-state index in [0.717, 1.165) is 18.7 Å². The molecule has 0 amide bonds. The van der Waals surface area contributed by atoms with Crippen LogP contribution in [0.25, 0.3) is 0 Å². The Labute approximate surface area is 79.8 Å². The normalized spacial score (nSPS) is 10.6. The Morgan fingerprint density at radius 1 is 1.17 bits per heavy atom. The molecule has 72 valence electrons. The van der Waals surface area contributed by atoms with Crippen LogP contribution >= 0.6 is 11.9 Å². The van der Waals surface area contributed by atoms with Crippen molar-refractivity contribution in [2.24, 2.45) is 0 Å². The van der Waals surface area contributed by atoms with Crippen molar-refractivity contribution in [3.63, 3.8) is 0 Å². The summed E-state index contributed by atoms with van der Waals surface area (Å²) in [5, 5.41) is 0. The quantitative estimate of drug-likeness (QED) is 0.432. The monoisotopic (exact) mass is 189 g/mol. The van der Waals surface area contributed by atoms with Crippen LogP contribution in [0, 0.1) is 0 Å². The topological polar surface area (TPSA) is 20.3 Å². The molecule has 0 saturated heterocycles. The minimum Gasteiger partial charge on any atom is -0.290 e. The summed E-state index contributed by atoms with van der Waals surface area (Å²) in [5.74, 6) is 0. The molecule has 0 rings (SSSR count). The first-order chi connectivity index (χ1) is 5.85. The molecule has 0 aliphatic heterocycles. The lowest BCUT2D eigenvalue weighted by molar-refractivity contribution is 0.446. The maximum Gasteiger partial charge on any atom is 0.191 e. The molecule has 0 aromatic heterocycles. The fourth-order valence-electron chi connectivity index (χ4n) is 0.947. The Bertz CT molecular complexity index is 101. The number of carbonyl (C=O) groups is 1. The molecular weight excluding hydrogens is 170 g/mol. The number of unbranched alkanes of at least 4 members (excludes halogenated alkanes) is 2. The molecule has 0 unspecified atom stereocenters. The van der Waals surface area contributed by atoms with Crippen LogP contribution in [-0.2, 0) is 4.79 Å². The second kappa shape index (κ2) is 9.07. The molecule has 0 saturated carbocycles. The number of rotatable bonds is 8. The summed E-state index contributed by atoms with van der Waals surface area (Å²) in [7, 11) is 0. The van der Waals surface area contributed by atoms with Crippen molar-refractivity contribution in [1.29, 1.82) is 0 Å². The second-order valence-corrected chi connectivity index (χ2v) is 3.76. The fraction of sp³-hybridized carbons (Fsp3) is 0.889. The van der Waals surface area contributed by atoms with Crippen LogP contribution in [0.5, 0.6) is 0 Å². The smallest absolute Gasteiger partial charge is 0.191 e. The summed E-state index contributed by atoms with van der Waals surface area (Å²) in [4.78, 5) is 10.3. The SMILES string of the molecule is CCCCN(CCCC)SC=O. The van der Waals surface area contributed by atoms with E-state index in [9.17, 15) is 4.79 Å². The van der Waals surface area contributed by atoms with Crippen LogP contribution < -0.4 is 0 Å². The molecule has 0 aromatic carbocycles. The molecule has 0 aliphatic carbocycles. The van der Waals surface area contributed by atoms with Crippen molar-refractivity contribution in [3.8, 4) is 0 Å². The fourth-order valence-corrected chi connectivity index (χ4v) is 1.54. The van der Waals surface area contributed by atoms with E-state index in [4.69, 9.17) is 0 Å². The molecule has 0 fully saturated rings. The van der Waals surface area contributed by atoms with Gasteiger partial charge in [-0.25, -0.2) is 4.31 Å². The van der Waals surface area contributed by atoms with E-state index in [1.54, 1.807) is 0 Å². The van der Waals surface area contributed by atoms with Gasteiger partial charge in [-0.1, -0.05) is 26.7 Å². The lowest BCUT2D eigenvalue weighted by Crippen LogP contribution is -2.18. The minimum atomic E-state index is 0.922. The number of nitrogens with zero attached hydrogens (tertiary/aromatic N) is 1. The van der Waals surface area contributed by atoms with Gasteiger partial charge in [0.1, 0.15) is 0 Å². The average Bonchev–Trinajstić information content (AvgIpc) is 2.10. The van der Waals surface area contributed by atoms with Crippen molar-refractivity contribution < 1.29 is 4.79 Å². The van der Waals surface area contributed by atoms with Crippen molar-refractivity contribution in [2.45, 2.75) is 39.5 Å². The molecule has 0 bridgehead atoms. The second-order valence-electron chi connectivity index (χ2n) is 2.84. The number of hydrogen-bond donors (Lipinski definition) is 0. The maximum atomic E-state index is 10.3. The number of hydrogen-bond acceptors (Lipinski definition) is 3. The van der Waals surface area contributed by atoms with Gasteiger partial charge in [-0.3, -0.25) is 4.79 Å². The molecule has 0 aromatic rings. The van der Waals surface area contributed by atoms with Crippen LogP contribution in [0.2, 0.25) is 0 Å². The minimum absolute atomic E-state index is 0.922. The molecule has 0 atom stereocenters. The van der Waals surface area contributed by atoms with Crippen molar-refractivity contribution in [3.05, 3.63) is 0 Å². The Balaban J connectivity index is 3.46. The maximum absolute atomic E-state index is 10.3. The number of carbonyl (C=O) groups excluding carboxylic acids is 1. The third-order valence-corrected chi connectivity index (χ3v) is 2.46. The predicted octanol–water partition coefficient (Wildman–Crippen LogP) is 2.73. The van der Waals surface area contributed by atoms with Crippen LogP contribution in [0.4, 0.5) is 0 Å². The van der Waals surface area contributed by atoms with Crippen LogP contribution in [0.15, 0.2) is 0 Å². The zero-order valence-electron chi connectivity index (χ0n) is 8.08. The van der Waals surface area contributed by atoms with E-state index in [1.165, 1.54) is 37.6 Å². The Kier molecular flexibility index (Phi) is 9.06. The van der Waals surface area contributed by atoms with Gasteiger partial charge in [0.25, 0.3) is 0 Å². The summed E-state index contributed by atoms with van der Waals surface area (Å²) in [6.45, 7) is 6.42. The Morgan fingerprint density at radius 3 is 2.00 bits per heavy atom. The van der Waals surface area contributed by atoms with E-state index in [-0.39, 0.29) is 0 Å². The van der Waals surface area contributed by atoms with Crippen LogP contribution in [-0.4, -0.2) is 23.0 Å². The highest BCUT2D eigenvalue weighted by Crippen LogP contribution is 2.09. The van der Waals surface area contributed by atoms with E-state index < -0.39 is 0 Å². The van der Waals surface area contributed by atoms with Gasteiger partial charge >= 0.3 is 0 Å². The summed E-state index contributed by atoms with van der Waals surface area (Å²) >= 11 is 1.31.